The van der Waals surface area contributed by atoms with Gasteiger partial charge in [-0.3, -0.25) is 4.79 Å². The van der Waals surface area contributed by atoms with Crippen LogP contribution in [0.1, 0.15) is 17.3 Å². The summed E-state index contributed by atoms with van der Waals surface area (Å²) < 4.78 is 5.30. The lowest BCUT2D eigenvalue weighted by molar-refractivity contribution is 0.0746. The number of carbonyl (C=O) groups is 1. The van der Waals surface area contributed by atoms with Crippen molar-refractivity contribution >= 4 is 34.9 Å². The second-order valence-electron chi connectivity index (χ2n) is 5.57. The minimum absolute atomic E-state index is 0.107. The molecule has 2 heterocycles. The van der Waals surface area contributed by atoms with Crippen LogP contribution in [0.25, 0.3) is 0 Å². The number of hydrogen-bond acceptors (Lipinski definition) is 5. The van der Waals surface area contributed by atoms with Crippen LogP contribution in [-0.4, -0.2) is 53.8 Å². The quantitative estimate of drug-likeness (QED) is 0.815. The zero-order chi connectivity index (χ0) is 17.8. The van der Waals surface area contributed by atoms with Crippen molar-refractivity contribution in [2.24, 2.45) is 0 Å². The monoisotopic (exact) mass is 380 g/mol. The third-order valence-electron chi connectivity index (χ3n) is 3.97. The molecule has 1 fully saturated rings. The number of rotatable bonds is 4. The molecule has 1 aromatic heterocycles. The Morgan fingerprint density at radius 2 is 1.88 bits per heavy atom. The molecule has 1 aliphatic rings. The lowest BCUT2D eigenvalue weighted by Crippen LogP contribution is -2.49. The van der Waals surface area contributed by atoms with Crippen LogP contribution in [-0.2, 0) is 0 Å². The number of nitrogens with zero attached hydrogens (tertiary/aromatic N) is 4. The van der Waals surface area contributed by atoms with E-state index in [0.717, 1.165) is 5.82 Å². The van der Waals surface area contributed by atoms with Gasteiger partial charge in [-0.25, -0.2) is 0 Å². The van der Waals surface area contributed by atoms with Crippen LogP contribution in [0.4, 0.5) is 5.82 Å². The second-order valence-corrected chi connectivity index (χ2v) is 6.41. The molecule has 0 spiro atoms. The van der Waals surface area contributed by atoms with Crippen LogP contribution < -0.4 is 9.64 Å². The molecule has 0 bridgehead atoms. The Bertz CT molecular complexity index is 747. The number of amides is 1. The summed E-state index contributed by atoms with van der Waals surface area (Å²) in [6.07, 6.45) is 0. The van der Waals surface area contributed by atoms with Crippen LogP contribution >= 0.6 is 23.2 Å². The summed E-state index contributed by atoms with van der Waals surface area (Å²) in [7, 11) is 0. The first-order chi connectivity index (χ1) is 12.1. The van der Waals surface area contributed by atoms with Crippen LogP contribution in [0.3, 0.4) is 0 Å². The average molecular weight is 381 g/mol. The van der Waals surface area contributed by atoms with Crippen molar-refractivity contribution in [3.63, 3.8) is 0 Å². The predicted molar refractivity (Wildman–Crippen MR) is 97.8 cm³/mol. The van der Waals surface area contributed by atoms with Gasteiger partial charge >= 0.3 is 0 Å². The Kier molecular flexibility index (Phi) is 5.60. The number of carbonyl (C=O) groups excluding carboxylic acids is 1. The number of halogens is 2. The molecule has 0 aliphatic carbocycles. The summed E-state index contributed by atoms with van der Waals surface area (Å²) in [6.45, 7) is 4.96. The van der Waals surface area contributed by atoms with E-state index in [-0.39, 0.29) is 5.91 Å². The summed E-state index contributed by atoms with van der Waals surface area (Å²) in [6, 6.07) is 8.60. The van der Waals surface area contributed by atoms with E-state index in [9.17, 15) is 4.79 Å². The Hall–Kier alpha value is -2.05. The average Bonchev–Trinajstić information content (AvgIpc) is 2.64. The van der Waals surface area contributed by atoms with Gasteiger partial charge in [0.25, 0.3) is 5.91 Å². The topological polar surface area (TPSA) is 58.6 Å². The van der Waals surface area contributed by atoms with Crippen molar-refractivity contribution in [1.29, 1.82) is 0 Å². The summed E-state index contributed by atoms with van der Waals surface area (Å²) in [5.41, 5.74) is 0.434. The fraction of sp³-hybridized carbons (Fsp3) is 0.353. The minimum atomic E-state index is -0.107. The molecule has 1 saturated heterocycles. The van der Waals surface area contributed by atoms with Crippen molar-refractivity contribution in [2.75, 3.05) is 37.7 Å². The van der Waals surface area contributed by atoms with Crippen LogP contribution in [0.15, 0.2) is 30.3 Å². The Labute approximate surface area is 156 Å². The molecule has 25 heavy (non-hydrogen) atoms. The van der Waals surface area contributed by atoms with Crippen LogP contribution in [0.5, 0.6) is 5.88 Å². The molecule has 132 valence electrons. The summed E-state index contributed by atoms with van der Waals surface area (Å²) >= 11 is 12.1. The molecule has 3 rings (SSSR count). The molecule has 0 saturated carbocycles. The molecular formula is C17H18Cl2N4O2. The maximum atomic E-state index is 12.7. The normalized spacial score (nSPS) is 14.5. The minimum Gasteiger partial charge on any atom is -0.477 e. The summed E-state index contributed by atoms with van der Waals surface area (Å²) in [5.74, 6) is 1.18. The van der Waals surface area contributed by atoms with Gasteiger partial charge < -0.3 is 14.5 Å². The lowest BCUT2D eigenvalue weighted by atomic mass is 10.1. The van der Waals surface area contributed by atoms with E-state index < -0.39 is 0 Å². The van der Waals surface area contributed by atoms with Crippen LogP contribution in [0.2, 0.25) is 10.0 Å². The maximum Gasteiger partial charge on any atom is 0.255 e. The van der Waals surface area contributed by atoms with Crippen LogP contribution in [0, 0.1) is 0 Å². The number of hydrogen-bond donors (Lipinski definition) is 0. The molecule has 1 aromatic carbocycles. The van der Waals surface area contributed by atoms with Gasteiger partial charge in [0.1, 0.15) is 0 Å². The number of anilines is 1. The number of benzene rings is 1. The zero-order valence-corrected chi connectivity index (χ0v) is 15.3. The van der Waals surface area contributed by atoms with Gasteiger partial charge in [0.15, 0.2) is 5.82 Å². The second kappa shape index (κ2) is 7.89. The molecule has 0 unspecified atom stereocenters. The smallest absolute Gasteiger partial charge is 0.255 e. The highest BCUT2D eigenvalue weighted by Gasteiger charge is 2.24. The summed E-state index contributed by atoms with van der Waals surface area (Å²) in [4.78, 5) is 16.5. The van der Waals surface area contributed by atoms with E-state index in [1.807, 2.05) is 13.0 Å². The molecule has 6 nitrogen and oxygen atoms in total. The third-order valence-corrected chi connectivity index (χ3v) is 4.53. The number of aromatic nitrogens is 2. The molecule has 0 N–H and O–H groups in total. The van der Waals surface area contributed by atoms with Crippen molar-refractivity contribution in [1.82, 2.24) is 15.1 Å². The van der Waals surface area contributed by atoms with Gasteiger partial charge in [0.05, 0.1) is 17.2 Å². The van der Waals surface area contributed by atoms with Gasteiger partial charge in [-0.15, -0.1) is 10.2 Å². The number of piperazine rings is 1. The third kappa shape index (κ3) is 4.14. The molecule has 2 aromatic rings. The first-order valence-electron chi connectivity index (χ1n) is 8.04. The Morgan fingerprint density at radius 3 is 2.52 bits per heavy atom. The van der Waals surface area contributed by atoms with Crippen molar-refractivity contribution in [3.05, 3.63) is 45.9 Å². The van der Waals surface area contributed by atoms with Gasteiger partial charge in [0.2, 0.25) is 5.88 Å². The van der Waals surface area contributed by atoms with E-state index in [0.29, 0.717) is 54.3 Å². The standard InChI is InChI=1S/C17H18Cl2N4O2/c1-2-25-16-6-5-15(20-21-16)22-7-9-23(10-8-22)17(24)13-11-12(18)3-4-14(13)19/h3-6,11H,2,7-10H2,1H3. The van der Waals surface area contributed by atoms with E-state index in [1.54, 1.807) is 29.2 Å². The van der Waals surface area contributed by atoms with E-state index >= 15 is 0 Å². The van der Waals surface area contributed by atoms with Gasteiger partial charge in [-0.2, -0.15) is 0 Å². The molecule has 0 radical (unpaired) electrons. The van der Waals surface area contributed by atoms with Gasteiger partial charge in [-0.1, -0.05) is 23.2 Å². The van der Waals surface area contributed by atoms with E-state index in [1.165, 1.54) is 0 Å². The molecular weight excluding hydrogens is 363 g/mol. The largest absolute Gasteiger partial charge is 0.477 e. The fourth-order valence-corrected chi connectivity index (χ4v) is 3.05. The molecule has 1 aliphatic heterocycles. The number of ether oxygens (including phenoxy) is 1. The zero-order valence-electron chi connectivity index (χ0n) is 13.8. The fourth-order valence-electron chi connectivity index (χ4n) is 2.68. The van der Waals surface area contributed by atoms with E-state index in [4.69, 9.17) is 27.9 Å². The molecule has 0 atom stereocenters. The lowest BCUT2D eigenvalue weighted by Gasteiger charge is -2.35. The first kappa shape index (κ1) is 17.8. The molecule has 8 heteroatoms. The SMILES string of the molecule is CCOc1ccc(N2CCN(C(=O)c3cc(Cl)ccc3Cl)CC2)nn1. The highest BCUT2D eigenvalue weighted by atomic mass is 35.5. The summed E-state index contributed by atoms with van der Waals surface area (Å²) in [5, 5.41) is 9.13. The maximum absolute atomic E-state index is 12.7. The predicted octanol–water partition coefficient (Wildman–Crippen LogP) is 3.14. The Balaban J connectivity index is 1.63. The van der Waals surface area contributed by atoms with Gasteiger partial charge in [-0.05, 0) is 31.2 Å². The molecule has 1 amide bonds. The van der Waals surface area contributed by atoms with Gasteiger partial charge in [0, 0.05) is 37.3 Å². The highest BCUT2D eigenvalue weighted by molar-refractivity contribution is 6.35. The first-order valence-corrected chi connectivity index (χ1v) is 8.80. The van der Waals surface area contributed by atoms with Crippen molar-refractivity contribution in [2.45, 2.75) is 6.92 Å². The van der Waals surface area contributed by atoms with Crippen molar-refractivity contribution < 1.29 is 9.53 Å². The highest BCUT2D eigenvalue weighted by Crippen LogP contribution is 2.23. The Morgan fingerprint density at radius 1 is 1.12 bits per heavy atom. The van der Waals surface area contributed by atoms with E-state index in [2.05, 4.69) is 15.1 Å². The van der Waals surface area contributed by atoms with Crippen molar-refractivity contribution in [3.8, 4) is 5.88 Å².